The fraction of sp³-hybridized carbons (Fsp3) is 0.0714. The molecule has 1 heteroatoms. The van der Waals surface area contributed by atoms with Gasteiger partial charge in [-0.3, -0.25) is 0 Å². The molecule has 0 N–H and O–H groups in total. The summed E-state index contributed by atoms with van der Waals surface area (Å²) >= 11 is 1.82. The predicted molar refractivity (Wildman–Crippen MR) is 126 cm³/mol. The Morgan fingerprint density at radius 2 is 1.28 bits per heavy atom. The normalized spacial score (nSPS) is 11.4. The van der Waals surface area contributed by atoms with Crippen molar-refractivity contribution in [2.45, 2.75) is 23.6 Å². The van der Waals surface area contributed by atoms with Crippen LogP contribution in [-0.4, -0.2) is 0 Å². The summed E-state index contributed by atoms with van der Waals surface area (Å²) in [5.41, 5.74) is 7.50. The number of hydrogen-bond donors (Lipinski definition) is 0. The summed E-state index contributed by atoms with van der Waals surface area (Å²) in [7, 11) is 0. The van der Waals surface area contributed by atoms with Crippen LogP contribution in [0.2, 0.25) is 0 Å². The van der Waals surface area contributed by atoms with Gasteiger partial charge >= 0.3 is 0 Å². The van der Waals surface area contributed by atoms with Gasteiger partial charge in [0, 0.05) is 9.79 Å². The average molecular weight is 393 g/mol. The van der Waals surface area contributed by atoms with E-state index in [2.05, 4.69) is 123 Å². The first kappa shape index (κ1) is 19.3. The van der Waals surface area contributed by atoms with Crippen molar-refractivity contribution in [3.63, 3.8) is 0 Å². The molecule has 0 aliphatic rings. The first-order valence-electron chi connectivity index (χ1n) is 9.87. The van der Waals surface area contributed by atoms with Crippen LogP contribution in [0, 0.1) is 13.8 Å². The molecule has 0 spiro atoms. The van der Waals surface area contributed by atoms with Crippen LogP contribution >= 0.6 is 11.8 Å². The molecule has 4 rings (SSSR count). The van der Waals surface area contributed by atoms with Gasteiger partial charge < -0.3 is 0 Å². The molecule has 0 fully saturated rings. The molecule has 0 radical (unpaired) electrons. The molecule has 0 aliphatic heterocycles. The highest BCUT2D eigenvalue weighted by Crippen LogP contribution is 2.37. The molecule has 142 valence electrons. The number of benzene rings is 4. The van der Waals surface area contributed by atoms with Gasteiger partial charge in [0.1, 0.15) is 0 Å². The van der Waals surface area contributed by atoms with Crippen LogP contribution in [-0.2, 0) is 0 Å². The molecule has 0 aliphatic carbocycles. The van der Waals surface area contributed by atoms with E-state index in [1.54, 1.807) is 0 Å². The third-order valence-corrected chi connectivity index (χ3v) is 5.95. The Hall–Kier alpha value is -3.03. The van der Waals surface area contributed by atoms with E-state index in [9.17, 15) is 0 Å². The van der Waals surface area contributed by atoms with E-state index in [0.29, 0.717) is 0 Å². The highest BCUT2D eigenvalue weighted by atomic mass is 32.2. The van der Waals surface area contributed by atoms with Gasteiger partial charge in [-0.25, -0.2) is 0 Å². The topological polar surface area (TPSA) is 0 Å². The molecule has 0 amide bonds. The number of aryl methyl sites for hydroxylation is 2. The molecular weight excluding hydrogens is 368 g/mol. The van der Waals surface area contributed by atoms with Crippen LogP contribution in [0.3, 0.4) is 0 Å². The van der Waals surface area contributed by atoms with E-state index in [1.807, 2.05) is 11.8 Å². The second kappa shape index (κ2) is 8.98. The van der Waals surface area contributed by atoms with Crippen LogP contribution in [0.4, 0.5) is 0 Å². The first-order chi connectivity index (χ1) is 14.2. The SMILES string of the molecule is Cc1ccc(Sc2ccc(C)cc2/C(=C/c2ccccc2)c2ccccc2)cc1. The molecule has 0 bridgehead atoms. The molecule has 0 unspecified atom stereocenters. The lowest BCUT2D eigenvalue weighted by atomic mass is 9.94. The molecule has 0 heterocycles. The van der Waals surface area contributed by atoms with Crippen molar-refractivity contribution in [3.05, 3.63) is 131 Å². The summed E-state index contributed by atoms with van der Waals surface area (Å²) in [6, 6.07) is 36.7. The van der Waals surface area contributed by atoms with Gasteiger partial charge in [-0.05, 0) is 60.4 Å². The molecule has 4 aromatic carbocycles. The van der Waals surface area contributed by atoms with Gasteiger partial charge in [-0.15, -0.1) is 0 Å². The van der Waals surface area contributed by atoms with E-state index >= 15 is 0 Å². The van der Waals surface area contributed by atoms with E-state index in [-0.39, 0.29) is 0 Å². The van der Waals surface area contributed by atoms with Gasteiger partial charge in [0.15, 0.2) is 0 Å². The summed E-state index contributed by atoms with van der Waals surface area (Å²) in [5, 5.41) is 0. The van der Waals surface area contributed by atoms with Crippen molar-refractivity contribution in [1.82, 2.24) is 0 Å². The molecule has 29 heavy (non-hydrogen) atoms. The molecular formula is C28H24S. The summed E-state index contributed by atoms with van der Waals surface area (Å²) in [6.45, 7) is 4.29. The summed E-state index contributed by atoms with van der Waals surface area (Å²) < 4.78 is 0. The Balaban J connectivity index is 1.85. The molecule has 0 saturated heterocycles. The quantitative estimate of drug-likeness (QED) is 0.310. The van der Waals surface area contributed by atoms with Gasteiger partial charge in [0.05, 0.1) is 0 Å². The molecule has 0 atom stereocenters. The van der Waals surface area contributed by atoms with Crippen LogP contribution in [0.25, 0.3) is 11.6 Å². The van der Waals surface area contributed by atoms with E-state index in [4.69, 9.17) is 0 Å². The van der Waals surface area contributed by atoms with Crippen LogP contribution < -0.4 is 0 Å². The maximum Gasteiger partial charge on any atom is 0.0201 e. The van der Waals surface area contributed by atoms with Gasteiger partial charge in [0.2, 0.25) is 0 Å². The lowest BCUT2D eigenvalue weighted by molar-refractivity contribution is 1.31. The Kier molecular flexibility index (Phi) is 5.97. The van der Waals surface area contributed by atoms with Crippen molar-refractivity contribution in [1.29, 1.82) is 0 Å². The van der Waals surface area contributed by atoms with E-state index in [1.165, 1.54) is 43.2 Å². The fourth-order valence-electron chi connectivity index (χ4n) is 3.33. The molecule has 0 nitrogen and oxygen atoms in total. The number of rotatable bonds is 5. The zero-order valence-electron chi connectivity index (χ0n) is 16.8. The maximum atomic E-state index is 2.30. The van der Waals surface area contributed by atoms with Crippen molar-refractivity contribution in [2.75, 3.05) is 0 Å². The zero-order chi connectivity index (χ0) is 20.1. The number of hydrogen-bond acceptors (Lipinski definition) is 1. The second-order valence-electron chi connectivity index (χ2n) is 7.25. The summed E-state index contributed by atoms with van der Waals surface area (Å²) in [6.07, 6.45) is 2.29. The summed E-state index contributed by atoms with van der Waals surface area (Å²) in [5.74, 6) is 0. The molecule has 0 aromatic heterocycles. The van der Waals surface area contributed by atoms with Crippen molar-refractivity contribution >= 4 is 23.4 Å². The van der Waals surface area contributed by atoms with Gasteiger partial charge in [-0.2, -0.15) is 0 Å². The van der Waals surface area contributed by atoms with Gasteiger partial charge in [0.25, 0.3) is 0 Å². The predicted octanol–water partition coefficient (Wildman–Crippen LogP) is 8.04. The zero-order valence-corrected chi connectivity index (χ0v) is 17.6. The maximum absolute atomic E-state index is 2.30. The van der Waals surface area contributed by atoms with E-state index in [0.717, 1.165) is 0 Å². The standard InChI is InChI=1S/C28H24S/c1-21-13-16-25(17-14-21)29-28-18-15-22(2)19-27(28)26(24-11-7-4-8-12-24)20-23-9-5-3-6-10-23/h3-20H,1-2H3/b26-20+. The first-order valence-corrected chi connectivity index (χ1v) is 10.7. The smallest absolute Gasteiger partial charge is 0.0201 e. The lowest BCUT2D eigenvalue weighted by Gasteiger charge is -2.15. The van der Waals surface area contributed by atoms with Crippen molar-refractivity contribution in [2.24, 2.45) is 0 Å². The largest absolute Gasteiger partial charge is 0.0894 e. The lowest BCUT2D eigenvalue weighted by Crippen LogP contribution is -1.93. The third kappa shape index (κ3) is 4.88. The molecule has 4 aromatic rings. The minimum atomic E-state index is 1.21. The van der Waals surface area contributed by atoms with Crippen molar-refractivity contribution in [3.8, 4) is 0 Å². The Morgan fingerprint density at radius 1 is 0.655 bits per heavy atom. The van der Waals surface area contributed by atoms with Crippen LogP contribution in [0.1, 0.15) is 27.8 Å². The third-order valence-electron chi connectivity index (χ3n) is 4.87. The Morgan fingerprint density at radius 3 is 1.97 bits per heavy atom. The highest BCUT2D eigenvalue weighted by Gasteiger charge is 2.12. The monoisotopic (exact) mass is 392 g/mol. The minimum Gasteiger partial charge on any atom is -0.0894 e. The Labute approximate surface area is 177 Å². The minimum absolute atomic E-state index is 1.21. The highest BCUT2D eigenvalue weighted by molar-refractivity contribution is 7.99. The summed E-state index contributed by atoms with van der Waals surface area (Å²) in [4.78, 5) is 2.53. The van der Waals surface area contributed by atoms with E-state index < -0.39 is 0 Å². The van der Waals surface area contributed by atoms with Crippen molar-refractivity contribution < 1.29 is 0 Å². The van der Waals surface area contributed by atoms with Crippen LogP contribution in [0.15, 0.2) is 113 Å². The second-order valence-corrected chi connectivity index (χ2v) is 8.36. The van der Waals surface area contributed by atoms with Crippen LogP contribution in [0.5, 0.6) is 0 Å². The van der Waals surface area contributed by atoms with Gasteiger partial charge in [-0.1, -0.05) is 108 Å². The molecule has 0 saturated carbocycles. The average Bonchev–Trinajstić information content (AvgIpc) is 2.76. The fourth-order valence-corrected chi connectivity index (χ4v) is 4.27. The Bertz CT molecular complexity index is 1110.